The molecule has 92 valence electrons. The number of nitrogens with zero attached hydrogens (tertiary/aromatic N) is 1. The molecule has 1 atom stereocenters. The molecule has 0 aliphatic carbocycles. The van der Waals surface area contributed by atoms with Gasteiger partial charge in [-0.3, -0.25) is 8.18 Å². The van der Waals surface area contributed by atoms with Crippen molar-refractivity contribution in [1.82, 2.24) is 3.97 Å². The lowest BCUT2D eigenvalue weighted by Crippen LogP contribution is -2.08. The Morgan fingerprint density at radius 2 is 2.12 bits per heavy atom. The Balaban J connectivity index is 2.82. The lowest BCUT2D eigenvalue weighted by atomic mass is 10.1. The van der Waals surface area contributed by atoms with Crippen LogP contribution in [0.5, 0.6) is 0 Å². The Bertz CT molecular complexity index is 563. The van der Waals surface area contributed by atoms with Crippen molar-refractivity contribution in [3.05, 3.63) is 35.5 Å². The molecule has 1 unspecified atom stereocenters. The monoisotopic (exact) mass is 268 g/mol. The highest BCUT2D eigenvalue weighted by atomic mass is 32.2. The van der Waals surface area contributed by atoms with Crippen LogP contribution >= 0.6 is 12.6 Å². The summed E-state index contributed by atoms with van der Waals surface area (Å²) >= 11 is 2.05. The topological polar surface area (TPSA) is 45.1 Å². The van der Waals surface area contributed by atoms with Crippen LogP contribution in [0.2, 0.25) is 0 Å². The van der Waals surface area contributed by atoms with Gasteiger partial charge < -0.3 is 4.55 Å². The van der Waals surface area contributed by atoms with Crippen LogP contribution in [0.25, 0.3) is 10.9 Å². The number of hydrogen-bond acceptors (Lipinski definition) is 3. The number of thiol groups is 1. The number of hydrogen-bond donors (Lipinski definition) is 1. The Kier molecular flexibility index (Phi) is 3.91. The van der Waals surface area contributed by atoms with E-state index in [0.717, 1.165) is 35.0 Å². The van der Waals surface area contributed by atoms with Crippen molar-refractivity contribution in [2.24, 2.45) is 0 Å². The summed E-state index contributed by atoms with van der Waals surface area (Å²) in [6, 6.07) is 7.55. The molecule has 5 heteroatoms. The van der Waals surface area contributed by atoms with Gasteiger partial charge in [0.1, 0.15) is 0 Å². The van der Waals surface area contributed by atoms with Gasteiger partial charge in [-0.15, -0.1) is 0 Å². The maximum atomic E-state index is 11.4. The zero-order chi connectivity index (χ0) is 12.4. The Morgan fingerprint density at radius 3 is 2.71 bits per heavy atom. The minimum absolute atomic E-state index is 0.556. The second-order valence-corrected chi connectivity index (χ2v) is 4.98. The molecule has 0 saturated carbocycles. The second kappa shape index (κ2) is 5.25. The van der Waals surface area contributed by atoms with Gasteiger partial charge in [0.2, 0.25) is 0 Å². The van der Waals surface area contributed by atoms with Crippen molar-refractivity contribution in [1.29, 1.82) is 0 Å². The van der Waals surface area contributed by atoms with Crippen molar-refractivity contribution in [3.63, 3.8) is 0 Å². The van der Waals surface area contributed by atoms with Crippen LogP contribution in [-0.4, -0.2) is 12.7 Å². The predicted octanol–water partition coefficient (Wildman–Crippen LogP) is 2.67. The Morgan fingerprint density at radius 1 is 1.41 bits per heavy atom. The highest BCUT2D eigenvalue weighted by Crippen LogP contribution is 2.28. The van der Waals surface area contributed by atoms with Crippen LogP contribution < -0.4 is 0 Å². The van der Waals surface area contributed by atoms with Crippen molar-refractivity contribution in [3.8, 4) is 0 Å². The highest BCUT2D eigenvalue weighted by molar-refractivity contribution is 7.79. The first-order valence-electron chi connectivity index (χ1n) is 5.52. The first-order chi connectivity index (χ1) is 8.20. The zero-order valence-electron chi connectivity index (χ0n) is 9.55. The molecule has 2 aromatic rings. The lowest BCUT2D eigenvalue weighted by molar-refractivity contribution is 0.527. The van der Waals surface area contributed by atoms with E-state index in [1.54, 1.807) is 0 Å². The van der Waals surface area contributed by atoms with Crippen molar-refractivity contribution >= 4 is 34.8 Å². The molecule has 0 saturated heterocycles. The van der Waals surface area contributed by atoms with Crippen molar-refractivity contribution < 1.29 is 8.76 Å². The predicted molar refractivity (Wildman–Crippen MR) is 72.9 cm³/mol. The lowest BCUT2D eigenvalue weighted by Gasteiger charge is -2.13. The van der Waals surface area contributed by atoms with Gasteiger partial charge >= 0.3 is 0 Å². The Labute approximate surface area is 109 Å². The summed E-state index contributed by atoms with van der Waals surface area (Å²) in [5, 5.41) is 0.982. The number of aromatic nitrogens is 1. The molecule has 0 radical (unpaired) electrons. The van der Waals surface area contributed by atoms with E-state index in [2.05, 4.69) is 12.6 Å². The van der Waals surface area contributed by atoms with Crippen molar-refractivity contribution in [2.75, 3.05) is 0 Å². The van der Waals surface area contributed by atoms with Crippen LogP contribution in [0.1, 0.15) is 24.6 Å². The van der Waals surface area contributed by atoms with Crippen LogP contribution in [-0.2, 0) is 23.4 Å². The summed E-state index contributed by atoms with van der Waals surface area (Å²) < 4.78 is 24.1. The maximum Gasteiger partial charge on any atom is 0.0610 e. The molecule has 1 heterocycles. The summed E-state index contributed by atoms with van der Waals surface area (Å²) in [4.78, 5) is 0. The number of para-hydroxylation sites is 1. The van der Waals surface area contributed by atoms with E-state index in [1.807, 2.05) is 31.2 Å². The standard InChI is InChI=1S/C12H15NO2S2/c1-2-5-11-10(8-16)9-6-3-4-7-12(9)13(11)17(14)15/h3-4,6-7,16H,2,5,8H2,1H3,(H,14,15)/p-1. The summed E-state index contributed by atoms with van der Waals surface area (Å²) in [5.41, 5.74) is 2.63. The van der Waals surface area contributed by atoms with E-state index < -0.39 is 11.3 Å². The van der Waals surface area contributed by atoms with Gasteiger partial charge in [0, 0.05) is 16.8 Å². The fraction of sp³-hybridized carbons (Fsp3) is 0.333. The van der Waals surface area contributed by atoms with Gasteiger partial charge in [-0.2, -0.15) is 12.6 Å². The quantitative estimate of drug-likeness (QED) is 0.684. The van der Waals surface area contributed by atoms with Crippen LogP contribution in [0.15, 0.2) is 24.3 Å². The van der Waals surface area contributed by atoms with E-state index in [0.29, 0.717) is 5.75 Å². The minimum Gasteiger partial charge on any atom is -0.755 e. The first-order valence-corrected chi connectivity index (χ1v) is 7.19. The summed E-state index contributed by atoms with van der Waals surface area (Å²) in [5.74, 6) is 0.556. The van der Waals surface area contributed by atoms with Gasteiger partial charge in [0.15, 0.2) is 0 Å². The highest BCUT2D eigenvalue weighted by Gasteiger charge is 2.15. The largest absolute Gasteiger partial charge is 0.755 e. The summed E-state index contributed by atoms with van der Waals surface area (Å²) in [6.45, 7) is 2.04. The van der Waals surface area contributed by atoms with Crippen LogP contribution in [0, 0.1) is 0 Å². The molecule has 3 nitrogen and oxygen atoms in total. The third kappa shape index (κ3) is 2.14. The van der Waals surface area contributed by atoms with Crippen LogP contribution in [0.4, 0.5) is 0 Å². The van der Waals surface area contributed by atoms with E-state index in [9.17, 15) is 8.76 Å². The molecule has 1 aromatic heterocycles. The molecule has 0 bridgehead atoms. The van der Waals surface area contributed by atoms with Crippen molar-refractivity contribution in [2.45, 2.75) is 25.5 Å². The number of benzene rings is 1. The average Bonchev–Trinajstić information content (AvgIpc) is 2.62. The Hall–Kier alpha value is -0.780. The van der Waals surface area contributed by atoms with Gasteiger partial charge in [0.05, 0.1) is 16.8 Å². The minimum atomic E-state index is -2.26. The molecule has 0 N–H and O–H groups in total. The third-order valence-corrected chi connectivity index (χ3v) is 3.87. The molecule has 17 heavy (non-hydrogen) atoms. The molecule has 0 amide bonds. The average molecular weight is 268 g/mol. The molecule has 0 fully saturated rings. The number of rotatable bonds is 4. The van der Waals surface area contributed by atoms with E-state index in [4.69, 9.17) is 0 Å². The molecular formula is C12H14NO2S2-. The fourth-order valence-corrected chi connectivity index (χ4v) is 3.22. The van der Waals surface area contributed by atoms with E-state index in [1.165, 1.54) is 3.97 Å². The normalized spacial score (nSPS) is 13.1. The summed E-state index contributed by atoms with van der Waals surface area (Å²) in [6.07, 6.45) is 1.66. The molecule has 1 aromatic carbocycles. The smallest absolute Gasteiger partial charge is 0.0610 e. The SMILES string of the molecule is CCCc1c(CS)c2ccccc2n1S(=O)[O-]. The van der Waals surface area contributed by atoms with Crippen LogP contribution in [0.3, 0.4) is 0 Å². The molecule has 0 aliphatic heterocycles. The second-order valence-electron chi connectivity index (χ2n) is 3.86. The maximum absolute atomic E-state index is 11.4. The summed E-state index contributed by atoms with van der Waals surface area (Å²) in [7, 11) is 0. The zero-order valence-corrected chi connectivity index (χ0v) is 11.3. The fourth-order valence-electron chi connectivity index (χ4n) is 2.17. The number of fused-ring (bicyclic) bond motifs is 1. The third-order valence-electron chi connectivity index (χ3n) is 2.84. The molecule has 2 rings (SSSR count). The van der Waals surface area contributed by atoms with E-state index >= 15 is 0 Å². The van der Waals surface area contributed by atoms with E-state index in [-0.39, 0.29) is 0 Å². The van der Waals surface area contributed by atoms with Gasteiger partial charge in [-0.1, -0.05) is 31.5 Å². The first kappa shape index (κ1) is 12.7. The van der Waals surface area contributed by atoms with Gasteiger partial charge in [-0.05, 0) is 18.1 Å². The molecular weight excluding hydrogens is 254 g/mol. The molecule has 0 aliphatic rings. The van der Waals surface area contributed by atoms with Gasteiger partial charge in [0.25, 0.3) is 0 Å². The van der Waals surface area contributed by atoms with Gasteiger partial charge in [-0.25, -0.2) is 0 Å². The molecule has 0 spiro atoms.